The van der Waals surface area contributed by atoms with Crippen molar-refractivity contribution in [1.29, 1.82) is 0 Å². The Morgan fingerprint density at radius 1 is 0.609 bits per heavy atom. The molecule has 0 saturated heterocycles. The first-order valence-electron chi connectivity index (χ1n) is 14.9. The molecule has 0 amide bonds. The van der Waals surface area contributed by atoms with Gasteiger partial charge in [-0.05, 0) is 85.2 Å². The number of benzene rings is 2. The summed E-state index contributed by atoms with van der Waals surface area (Å²) >= 11 is 37.5. The van der Waals surface area contributed by atoms with Crippen LogP contribution in [0, 0.1) is 47.3 Å². The molecule has 0 heterocycles. The third-order valence-electron chi connectivity index (χ3n) is 10.1. The van der Waals surface area contributed by atoms with Crippen LogP contribution in [0.1, 0.15) is 60.2 Å². The van der Waals surface area contributed by atoms with Crippen molar-refractivity contribution in [2.24, 2.45) is 47.3 Å². The van der Waals surface area contributed by atoms with E-state index in [1.54, 1.807) is 0 Å². The molecule has 0 aromatic heterocycles. The molecule has 0 aliphatic heterocycles. The molecule has 8 rings (SSSR count). The zero-order valence-electron chi connectivity index (χ0n) is 24.5. The average Bonchev–Trinajstić information content (AvgIpc) is 2.88. The highest BCUT2D eigenvalue weighted by Crippen LogP contribution is 2.62. The molecule has 46 heavy (non-hydrogen) atoms. The van der Waals surface area contributed by atoms with Crippen LogP contribution in [0.4, 0.5) is 0 Å². The number of carbonyl (C=O) groups excluding carboxylic acids is 4. The largest absolute Gasteiger partial charge is 0.462 e. The molecule has 246 valence electrons. The second-order valence-corrected chi connectivity index (χ2v) is 15.2. The van der Waals surface area contributed by atoms with E-state index in [-0.39, 0.29) is 55.2 Å². The number of hydrogen-bond donors (Lipinski definition) is 0. The Labute approximate surface area is 295 Å². The molecular weight excluding hydrogens is 725 g/mol. The maximum atomic E-state index is 13.2. The molecule has 4 bridgehead atoms. The first-order chi connectivity index (χ1) is 21.8. The summed E-state index contributed by atoms with van der Waals surface area (Å²) in [7, 11) is 0. The van der Waals surface area contributed by atoms with E-state index >= 15 is 0 Å². The van der Waals surface area contributed by atoms with Crippen LogP contribution in [0.5, 0.6) is 11.5 Å². The van der Waals surface area contributed by atoms with Crippen LogP contribution in [-0.2, 0) is 19.1 Å². The van der Waals surface area contributed by atoms with Crippen molar-refractivity contribution in [3.8, 4) is 11.5 Å². The van der Waals surface area contributed by atoms with E-state index in [0.29, 0.717) is 35.5 Å². The highest BCUT2D eigenvalue weighted by atomic mass is 35.5. The summed E-state index contributed by atoms with van der Waals surface area (Å²) in [5.41, 5.74) is -0.886. The normalized spacial score (nSPS) is 26.3. The van der Waals surface area contributed by atoms with Gasteiger partial charge in [0.1, 0.15) is 11.1 Å². The summed E-state index contributed by atoms with van der Waals surface area (Å²) in [5.74, 6) is -2.47. The number of halogens is 6. The van der Waals surface area contributed by atoms with Crippen LogP contribution in [-0.4, -0.2) is 37.1 Å². The zero-order valence-corrected chi connectivity index (χ0v) is 29.1. The summed E-state index contributed by atoms with van der Waals surface area (Å²) in [4.78, 5) is 52.3. The predicted molar refractivity (Wildman–Crippen MR) is 173 cm³/mol. The van der Waals surface area contributed by atoms with Gasteiger partial charge in [0.05, 0.1) is 43.3 Å². The van der Waals surface area contributed by atoms with E-state index in [4.69, 9.17) is 88.6 Å². The van der Waals surface area contributed by atoms with Gasteiger partial charge in [-0.15, -0.1) is 0 Å². The first kappa shape index (κ1) is 33.9. The smallest absolute Gasteiger partial charge is 0.423 e. The molecule has 6 fully saturated rings. The van der Waals surface area contributed by atoms with Crippen molar-refractivity contribution in [3.05, 3.63) is 53.4 Å². The number of carbonyl (C=O) groups is 4. The van der Waals surface area contributed by atoms with E-state index in [1.807, 2.05) is 13.8 Å². The molecule has 0 N–H and O–H groups in total. The molecule has 6 saturated carbocycles. The second kappa shape index (κ2) is 13.2. The number of ether oxygens (including phenoxy) is 4. The topological polar surface area (TPSA) is 105 Å². The quantitative estimate of drug-likeness (QED) is 0.103. The van der Waals surface area contributed by atoms with Gasteiger partial charge in [-0.25, -0.2) is 19.2 Å². The molecule has 0 spiro atoms. The van der Waals surface area contributed by atoms with Crippen molar-refractivity contribution >= 4 is 93.5 Å². The lowest BCUT2D eigenvalue weighted by Gasteiger charge is -2.60. The van der Waals surface area contributed by atoms with Crippen LogP contribution in [0.15, 0.2) is 12.1 Å². The van der Waals surface area contributed by atoms with E-state index in [0.717, 1.165) is 12.1 Å². The monoisotopic (exact) mass is 750 g/mol. The van der Waals surface area contributed by atoms with Gasteiger partial charge in [0.25, 0.3) is 0 Å². The lowest BCUT2D eigenvalue weighted by molar-refractivity contribution is -0.156. The SMILES string of the molecule is CC(COC(=O)c1c(Cl)c(Cl)cc(Cl)c1OC(=O)C(=O)Oc1c(Cl)cc(Cl)c(Cl)c1C(=O)OCC(C)C1C2CC1C2)C1C2CC1C2. The van der Waals surface area contributed by atoms with Crippen LogP contribution in [0.25, 0.3) is 0 Å². The second-order valence-electron chi connectivity index (χ2n) is 12.8. The fourth-order valence-electron chi connectivity index (χ4n) is 7.29. The van der Waals surface area contributed by atoms with Gasteiger partial charge >= 0.3 is 23.9 Å². The first-order valence-corrected chi connectivity index (χ1v) is 17.2. The van der Waals surface area contributed by atoms with Crippen molar-refractivity contribution in [2.45, 2.75) is 39.5 Å². The van der Waals surface area contributed by atoms with E-state index in [9.17, 15) is 19.2 Å². The summed E-state index contributed by atoms with van der Waals surface area (Å²) in [6.45, 7) is 4.19. The average molecular weight is 753 g/mol. The molecule has 6 aliphatic rings. The van der Waals surface area contributed by atoms with Crippen LogP contribution < -0.4 is 9.47 Å². The summed E-state index contributed by atoms with van der Waals surface area (Å²) in [5, 5.41) is -1.40. The Morgan fingerprint density at radius 3 is 1.22 bits per heavy atom. The van der Waals surface area contributed by atoms with Gasteiger partial charge in [-0.1, -0.05) is 83.5 Å². The molecule has 2 unspecified atom stereocenters. The Bertz CT molecular complexity index is 1500. The predicted octanol–water partition coefficient (Wildman–Crippen LogP) is 9.02. The molecule has 2 aromatic carbocycles. The minimum absolute atomic E-state index is 0.0989. The van der Waals surface area contributed by atoms with Crippen molar-refractivity contribution in [2.75, 3.05) is 13.2 Å². The molecule has 2 aromatic rings. The van der Waals surface area contributed by atoms with Gasteiger partial charge < -0.3 is 18.9 Å². The maximum Gasteiger partial charge on any atom is 0.423 e. The van der Waals surface area contributed by atoms with Gasteiger partial charge in [-0.3, -0.25) is 0 Å². The highest BCUT2D eigenvalue weighted by Gasteiger charge is 2.55. The highest BCUT2D eigenvalue weighted by molar-refractivity contribution is 6.47. The zero-order chi connectivity index (χ0) is 33.2. The Hall–Kier alpha value is -1.94. The Balaban J connectivity index is 1.16. The summed E-state index contributed by atoms with van der Waals surface area (Å²) in [6.07, 6.45) is 4.80. The lowest BCUT2D eigenvalue weighted by Crippen LogP contribution is -2.54. The van der Waals surface area contributed by atoms with Crippen molar-refractivity contribution < 1.29 is 38.1 Å². The van der Waals surface area contributed by atoms with E-state index in [2.05, 4.69) is 0 Å². The van der Waals surface area contributed by atoms with Gasteiger partial charge in [0.2, 0.25) is 0 Å². The Morgan fingerprint density at radius 2 is 0.935 bits per heavy atom. The van der Waals surface area contributed by atoms with Crippen LogP contribution in [0.3, 0.4) is 0 Å². The summed E-state index contributed by atoms with van der Waals surface area (Å²) < 4.78 is 21.4. The number of esters is 4. The van der Waals surface area contributed by atoms with Crippen LogP contribution in [0.2, 0.25) is 30.1 Å². The van der Waals surface area contributed by atoms with Crippen molar-refractivity contribution in [3.63, 3.8) is 0 Å². The molecule has 8 nitrogen and oxygen atoms in total. The van der Waals surface area contributed by atoms with Gasteiger partial charge in [0, 0.05) is 0 Å². The van der Waals surface area contributed by atoms with Gasteiger partial charge in [-0.2, -0.15) is 0 Å². The fourth-order valence-corrected chi connectivity index (χ4v) is 8.73. The maximum absolute atomic E-state index is 13.2. The molecule has 14 heteroatoms. The number of rotatable bonds is 10. The third kappa shape index (κ3) is 6.07. The minimum atomic E-state index is -1.63. The minimum Gasteiger partial charge on any atom is -0.462 e. The van der Waals surface area contributed by atoms with Crippen LogP contribution >= 0.6 is 69.6 Å². The van der Waals surface area contributed by atoms with E-state index < -0.39 is 46.5 Å². The molecule has 6 aliphatic carbocycles. The number of hydrogen-bond acceptors (Lipinski definition) is 8. The third-order valence-corrected chi connectivity index (χ3v) is 12.2. The standard InChI is InChI=1S/C32H28Cl6O8/c1-11(21-13-3-14(21)4-13)9-43-29(39)23-25(37)17(33)7-19(35)27(23)45-31(41)32(42)46-28-20(36)8-18(34)26(38)24(28)30(40)44-10-12(2)22-15-5-16(22)6-15/h7-8,11-16,21-22H,3-6,9-10H2,1-2H3. The van der Waals surface area contributed by atoms with E-state index in [1.165, 1.54) is 25.7 Å². The molecule has 0 radical (unpaired) electrons. The van der Waals surface area contributed by atoms with Crippen molar-refractivity contribution in [1.82, 2.24) is 0 Å². The lowest BCUT2D eigenvalue weighted by atomic mass is 9.45. The molecular formula is C32H28Cl6O8. The summed E-state index contributed by atoms with van der Waals surface area (Å²) in [6, 6.07) is 2.28. The Kier molecular flexibility index (Phi) is 9.72. The fraction of sp³-hybridized carbons (Fsp3) is 0.500. The molecule has 2 atom stereocenters. The van der Waals surface area contributed by atoms with Gasteiger partial charge in [0.15, 0.2) is 11.5 Å².